The van der Waals surface area contributed by atoms with Crippen molar-refractivity contribution in [3.8, 4) is 0 Å². The molecule has 1 fully saturated rings. The van der Waals surface area contributed by atoms with Crippen LogP contribution in [0, 0.1) is 0 Å². The highest BCUT2D eigenvalue weighted by Gasteiger charge is 2.27. The number of aliphatic hydroxyl groups excluding tert-OH is 1. The molecule has 18 heavy (non-hydrogen) atoms. The number of hydrogen-bond acceptors (Lipinski definition) is 5. The van der Waals surface area contributed by atoms with Crippen LogP contribution in [0.3, 0.4) is 0 Å². The molecule has 0 radical (unpaired) electrons. The first-order chi connectivity index (χ1) is 8.54. The normalized spacial score (nSPS) is 19.9. The molecule has 102 valence electrons. The van der Waals surface area contributed by atoms with Crippen molar-refractivity contribution in [2.24, 2.45) is 0 Å². The zero-order chi connectivity index (χ0) is 13.2. The van der Waals surface area contributed by atoms with Crippen LogP contribution in [0.5, 0.6) is 0 Å². The van der Waals surface area contributed by atoms with E-state index in [2.05, 4.69) is 4.90 Å². The lowest BCUT2D eigenvalue weighted by molar-refractivity contribution is 0.282. The van der Waals surface area contributed by atoms with Crippen LogP contribution in [0.2, 0.25) is 0 Å². The first-order valence-electron chi connectivity index (χ1n) is 5.91. The van der Waals surface area contributed by atoms with Crippen LogP contribution < -0.4 is 0 Å². The highest BCUT2D eigenvalue weighted by molar-refractivity contribution is 7.91. The Morgan fingerprint density at radius 1 is 1.33 bits per heavy atom. The monoisotopic (exact) mass is 290 g/mol. The van der Waals surface area contributed by atoms with Crippen molar-refractivity contribution < 1.29 is 13.5 Å². The summed E-state index contributed by atoms with van der Waals surface area (Å²) in [6, 6.07) is 1.56. The number of aliphatic hydroxyl groups is 1. The fourth-order valence-electron chi connectivity index (χ4n) is 1.96. The molecule has 1 saturated heterocycles. The molecule has 0 spiro atoms. The highest BCUT2D eigenvalue weighted by Crippen LogP contribution is 2.24. The fraction of sp³-hybridized carbons (Fsp3) is 0.636. The molecule has 1 aliphatic rings. The van der Waals surface area contributed by atoms with Crippen LogP contribution in [0.15, 0.2) is 15.7 Å². The summed E-state index contributed by atoms with van der Waals surface area (Å²) in [5, 5.41) is 10.7. The van der Waals surface area contributed by atoms with Gasteiger partial charge in [-0.05, 0) is 37.0 Å². The van der Waals surface area contributed by atoms with Gasteiger partial charge in [0.05, 0.1) is 6.61 Å². The molecule has 1 aromatic rings. The summed E-state index contributed by atoms with van der Waals surface area (Å²) in [5.41, 5.74) is 0.658. The van der Waals surface area contributed by atoms with Gasteiger partial charge in [0.15, 0.2) is 0 Å². The first kappa shape index (κ1) is 14.0. The van der Waals surface area contributed by atoms with E-state index in [4.69, 9.17) is 5.11 Å². The molecule has 0 aromatic carbocycles. The Morgan fingerprint density at radius 3 is 2.78 bits per heavy atom. The molecule has 0 bridgehead atoms. The van der Waals surface area contributed by atoms with E-state index in [-0.39, 0.29) is 6.61 Å². The molecule has 5 nitrogen and oxygen atoms in total. The minimum Gasteiger partial charge on any atom is -0.392 e. The molecular weight excluding hydrogens is 272 g/mol. The third-order valence-electron chi connectivity index (χ3n) is 3.08. The van der Waals surface area contributed by atoms with Crippen molar-refractivity contribution in [3.63, 3.8) is 0 Å². The summed E-state index contributed by atoms with van der Waals surface area (Å²) in [5.74, 6) is 0. The summed E-state index contributed by atoms with van der Waals surface area (Å²) in [6.07, 6.45) is 0.855. The molecule has 0 amide bonds. The van der Waals surface area contributed by atoms with Crippen molar-refractivity contribution in [1.29, 1.82) is 0 Å². The van der Waals surface area contributed by atoms with Gasteiger partial charge < -0.3 is 10.0 Å². The largest absolute Gasteiger partial charge is 0.392 e. The summed E-state index contributed by atoms with van der Waals surface area (Å²) >= 11 is 1.18. The summed E-state index contributed by atoms with van der Waals surface area (Å²) in [7, 11) is -1.38. The number of hydrogen-bond donors (Lipinski definition) is 1. The average Bonchev–Trinajstić information content (AvgIpc) is 2.72. The summed E-state index contributed by atoms with van der Waals surface area (Å²) < 4.78 is 26.7. The summed E-state index contributed by atoms with van der Waals surface area (Å²) in [6.45, 7) is 2.68. The van der Waals surface area contributed by atoms with Crippen LogP contribution >= 0.6 is 11.3 Å². The van der Waals surface area contributed by atoms with Crippen LogP contribution in [0.1, 0.15) is 12.0 Å². The number of nitrogens with zero attached hydrogens (tertiary/aromatic N) is 2. The molecule has 7 heteroatoms. The minimum absolute atomic E-state index is 0.116. The van der Waals surface area contributed by atoms with Crippen molar-refractivity contribution in [3.05, 3.63) is 17.0 Å². The van der Waals surface area contributed by atoms with Crippen molar-refractivity contribution in [2.45, 2.75) is 17.2 Å². The molecule has 0 atom stereocenters. The predicted octanol–water partition coefficient (Wildman–Crippen LogP) is 0.567. The van der Waals surface area contributed by atoms with Crippen LogP contribution in [-0.2, 0) is 16.6 Å². The Hall–Kier alpha value is -0.470. The van der Waals surface area contributed by atoms with E-state index < -0.39 is 10.0 Å². The molecule has 0 unspecified atom stereocenters. The maximum absolute atomic E-state index is 12.4. The van der Waals surface area contributed by atoms with Gasteiger partial charge in [0.1, 0.15) is 4.21 Å². The van der Waals surface area contributed by atoms with E-state index in [1.165, 1.54) is 11.3 Å². The van der Waals surface area contributed by atoms with E-state index in [9.17, 15) is 8.42 Å². The Bertz CT molecular complexity index is 498. The molecule has 1 aromatic heterocycles. The molecule has 1 aliphatic heterocycles. The van der Waals surface area contributed by atoms with E-state index in [0.717, 1.165) is 19.5 Å². The zero-order valence-corrected chi connectivity index (χ0v) is 12.0. The second kappa shape index (κ2) is 5.66. The van der Waals surface area contributed by atoms with E-state index in [1.54, 1.807) is 15.8 Å². The van der Waals surface area contributed by atoms with Crippen molar-refractivity contribution in [1.82, 2.24) is 9.21 Å². The minimum atomic E-state index is -3.38. The van der Waals surface area contributed by atoms with Gasteiger partial charge in [-0.3, -0.25) is 0 Å². The maximum atomic E-state index is 12.4. The lowest BCUT2D eigenvalue weighted by atomic mass is 10.4. The van der Waals surface area contributed by atoms with Gasteiger partial charge in [-0.2, -0.15) is 4.31 Å². The predicted molar refractivity (Wildman–Crippen MR) is 71.1 cm³/mol. The zero-order valence-electron chi connectivity index (χ0n) is 10.4. The quantitative estimate of drug-likeness (QED) is 0.884. The number of rotatable bonds is 3. The maximum Gasteiger partial charge on any atom is 0.252 e. The molecular formula is C11H18N2O3S2. The van der Waals surface area contributed by atoms with Gasteiger partial charge in [0, 0.05) is 19.6 Å². The second-order valence-electron chi connectivity index (χ2n) is 4.49. The molecule has 0 saturated carbocycles. The Morgan fingerprint density at radius 2 is 2.11 bits per heavy atom. The van der Waals surface area contributed by atoms with Gasteiger partial charge in [0.2, 0.25) is 0 Å². The van der Waals surface area contributed by atoms with E-state index in [1.807, 2.05) is 7.05 Å². The van der Waals surface area contributed by atoms with E-state index >= 15 is 0 Å². The smallest absolute Gasteiger partial charge is 0.252 e. The number of sulfonamides is 1. The fourth-order valence-corrected chi connectivity index (χ4v) is 4.78. The Balaban J connectivity index is 2.19. The second-order valence-corrected chi connectivity index (χ2v) is 7.57. The SMILES string of the molecule is CN1CCCN(S(=O)(=O)c2cc(CO)cs2)CC1. The van der Waals surface area contributed by atoms with Gasteiger partial charge in [-0.15, -0.1) is 11.3 Å². The molecule has 1 N–H and O–H groups in total. The third kappa shape index (κ3) is 2.92. The van der Waals surface area contributed by atoms with Gasteiger partial charge >= 0.3 is 0 Å². The standard InChI is InChI=1S/C11H18N2O3S2/c1-12-3-2-4-13(6-5-12)18(15,16)11-7-10(8-14)9-17-11/h7,9,14H,2-6,8H2,1H3. The topological polar surface area (TPSA) is 60.9 Å². The van der Waals surface area contributed by atoms with Crippen LogP contribution in [-0.4, -0.2) is 56.0 Å². The molecule has 2 heterocycles. The lowest BCUT2D eigenvalue weighted by Crippen LogP contribution is -2.34. The summed E-state index contributed by atoms with van der Waals surface area (Å²) in [4.78, 5) is 2.14. The first-order valence-corrected chi connectivity index (χ1v) is 8.23. The van der Waals surface area contributed by atoms with E-state index in [0.29, 0.717) is 22.9 Å². The Labute approximate surface area is 112 Å². The Kier molecular flexibility index (Phi) is 4.39. The molecule has 2 rings (SSSR count). The lowest BCUT2D eigenvalue weighted by Gasteiger charge is -2.19. The number of thiophene rings is 1. The third-order valence-corrected chi connectivity index (χ3v) is 6.45. The van der Waals surface area contributed by atoms with Crippen molar-refractivity contribution >= 4 is 21.4 Å². The number of likely N-dealkylation sites (N-methyl/N-ethyl adjacent to an activating group) is 1. The van der Waals surface area contributed by atoms with Crippen LogP contribution in [0.25, 0.3) is 0 Å². The average molecular weight is 290 g/mol. The van der Waals surface area contributed by atoms with Gasteiger partial charge in [0.25, 0.3) is 10.0 Å². The van der Waals surface area contributed by atoms with Gasteiger partial charge in [-0.1, -0.05) is 0 Å². The van der Waals surface area contributed by atoms with Gasteiger partial charge in [-0.25, -0.2) is 8.42 Å². The highest BCUT2D eigenvalue weighted by atomic mass is 32.2. The van der Waals surface area contributed by atoms with Crippen LogP contribution in [0.4, 0.5) is 0 Å². The van der Waals surface area contributed by atoms with Crippen molar-refractivity contribution in [2.75, 3.05) is 33.2 Å². The molecule has 0 aliphatic carbocycles.